The smallest absolute Gasteiger partial charge is 0.221 e. The number of aromatic nitrogens is 3. The lowest BCUT2D eigenvalue weighted by molar-refractivity contribution is -0.114. The van der Waals surface area contributed by atoms with Gasteiger partial charge in [0, 0.05) is 41.0 Å². The van der Waals surface area contributed by atoms with E-state index in [0.717, 1.165) is 49.9 Å². The van der Waals surface area contributed by atoms with E-state index >= 15 is 0 Å². The third-order valence-electron chi connectivity index (χ3n) is 7.17. The summed E-state index contributed by atoms with van der Waals surface area (Å²) in [5.74, 6) is -0.157. The number of nitrogens with one attached hydrogen (secondary N) is 3. The normalized spacial score (nSPS) is 12.2. The Morgan fingerprint density at radius 2 is 1.74 bits per heavy atom. The van der Waals surface area contributed by atoms with Crippen molar-refractivity contribution in [3.05, 3.63) is 114 Å². The van der Waals surface area contributed by atoms with Gasteiger partial charge in [-0.25, -0.2) is 0 Å². The topological polar surface area (TPSA) is 98.8 Å². The molecule has 2 aromatic heterocycles. The van der Waals surface area contributed by atoms with Gasteiger partial charge in [-0.15, -0.1) is 0 Å². The molecule has 0 aliphatic carbocycles. The molecule has 1 amide bonds. The summed E-state index contributed by atoms with van der Waals surface area (Å²) in [6, 6.07) is 29.9. The maximum atomic E-state index is 11.8. The Morgan fingerprint density at radius 1 is 0.974 bits per heavy atom. The largest absolute Gasteiger partial charge is 0.389 e. The molecule has 6 aromatic rings. The predicted molar refractivity (Wildman–Crippen MR) is 155 cm³/mol. The van der Waals surface area contributed by atoms with Crippen LogP contribution in [0.1, 0.15) is 31.1 Å². The molecular formula is C32H29N5O2. The number of para-hydroxylation sites is 2. The van der Waals surface area contributed by atoms with Gasteiger partial charge in [0.25, 0.3) is 0 Å². The molecule has 2 heterocycles. The monoisotopic (exact) mass is 515 g/mol. The van der Waals surface area contributed by atoms with Gasteiger partial charge >= 0.3 is 0 Å². The minimum Gasteiger partial charge on any atom is -0.389 e. The Bertz CT molecular complexity index is 1890. The van der Waals surface area contributed by atoms with Gasteiger partial charge in [-0.2, -0.15) is 0 Å². The average molecular weight is 516 g/mol. The lowest BCUT2D eigenvalue weighted by atomic mass is 9.98. The molecule has 0 fully saturated rings. The van der Waals surface area contributed by atoms with Crippen molar-refractivity contribution < 1.29 is 9.90 Å². The maximum absolute atomic E-state index is 11.8. The first kappa shape index (κ1) is 24.5. The zero-order valence-corrected chi connectivity index (χ0v) is 21.8. The Morgan fingerprint density at radius 3 is 2.49 bits per heavy atom. The highest BCUT2D eigenvalue weighted by molar-refractivity contribution is 5.94. The molecule has 0 saturated carbocycles. The molecule has 0 radical (unpaired) electrons. The molecule has 0 aliphatic rings. The van der Waals surface area contributed by atoms with E-state index in [-0.39, 0.29) is 5.91 Å². The number of imidazole rings is 1. The number of aromatic amines is 1. The summed E-state index contributed by atoms with van der Waals surface area (Å²) in [5, 5.41) is 23.4. The van der Waals surface area contributed by atoms with Crippen molar-refractivity contribution in [1.82, 2.24) is 14.1 Å². The minimum absolute atomic E-state index is 0.157. The second-order valence-electron chi connectivity index (χ2n) is 9.80. The van der Waals surface area contributed by atoms with E-state index in [1.807, 2.05) is 82.1 Å². The summed E-state index contributed by atoms with van der Waals surface area (Å²) >= 11 is 0. The molecule has 0 bridgehead atoms. The van der Waals surface area contributed by atoms with Crippen molar-refractivity contribution in [1.29, 1.82) is 5.41 Å². The number of nitrogens with zero attached hydrogens (tertiary/aromatic N) is 2. The van der Waals surface area contributed by atoms with E-state index in [4.69, 9.17) is 0 Å². The van der Waals surface area contributed by atoms with E-state index in [1.54, 1.807) is 6.92 Å². The summed E-state index contributed by atoms with van der Waals surface area (Å²) < 4.78 is 3.99. The number of rotatable bonds is 6. The number of carbonyl (C=O) groups is 1. The Hall–Kier alpha value is -4.88. The second kappa shape index (κ2) is 9.78. The first-order valence-corrected chi connectivity index (χ1v) is 12.9. The molecule has 0 aliphatic heterocycles. The van der Waals surface area contributed by atoms with Crippen molar-refractivity contribution in [3.8, 4) is 16.8 Å². The van der Waals surface area contributed by atoms with Crippen LogP contribution in [0.15, 0.2) is 97.2 Å². The van der Waals surface area contributed by atoms with Gasteiger partial charge in [0.15, 0.2) is 0 Å². The summed E-state index contributed by atoms with van der Waals surface area (Å²) in [5.41, 5.74) is 8.59. The molecule has 0 spiro atoms. The summed E-state index contributed by atoms with van der Waals surface area (Å²) in [7, 11) is 0. The van der Waals surface area contributed by atoms with Crippen molar-refractivity contribution in [2.75, 3.05) is 5.32 Å². The number of benzene rings is 4. The summed E-state index contributed by atoms with van der Waals surface area (Å²) in [6.45, 7) is 3.78. The predicted octanol–water partition coefficient (Wildman–Crippen LogP) is 6.12. The fourth-order valence-corrected chi connectivity index (χ4v) is 5.26. The molecule has 1 unspecified atom stereocenters. The number of aliphatic hydroxyl groups excluding tert-OH is 1. The summed E-state index contributed by atoms with van der Waals surface area (Å²) in [6.07, 6.45) is 1.32. The zero-order chi connectivity index (χ0) is 27.1. The second-order valence-corrected chi connectivity index (χ2v) is 9.80. The molecule has 6 rings (SSSR count). The lowest BCUT2D eigenvalue weighted by Crippen LogP contribution is -2.24. The number of anilines is 1. The third kappa shape index (κ3) is 4.43. The van der Waals surface area contributed by atoms with Crippen LogP contribution in [-0.4, -0.2) is 25.1 Å². The molecular weight excluding hydrogens is 486 g/mol. The molecule has 194 valence electrons. The average Bonchev–Trinajstić information content (AvgIpc) is 3.52. The molecule has 39 heavy (non-hydrogen) atoms. The summed E-state index contributed by atoms with van der Waals surface area (Å²) in [4.78, 5) is 15.1. The van der Waals surface area contributed by atoms with E-state index in [1.165, 1.54) is 6.92 Å². The van der Waals surface area contributed by atoms with Gasteiger partial charge in [0.2, 0.25) is 11.5 Å². The van der Waals surface area contributed by atoms with Crippen molar-refractivity contribution >= 4 is 33.5 Å². The fourth-order valence-electron chi connectivity index (χ4n) is 5.26. The van der Waals surface area contributed by atoms with E-state index < -0.39 is 6.10 Å². The number of amides is 1. The standard InChI is InChI=1S/C32H29N5O2/c1-20(38)23-12-15-29(35-21(2)39)27(18-23)22-10-13-25(14-11-22)37-31-9-4-3-8-30(31)36(32(37)33)19-24-6-5-7-28-26(24)16-17-34-28/h3-18,20,33-34,38H,19H2,1-2H3,(H,35,39). The first-order chi connectivity index (χ1) is 18.9. The number of carbonyl (C=O) groups excluding carboxylic acids is 1. The lowest BCUT2D eigenvalue weighted by Gasteiger charge is -2.14. The first-order valence-electron chi connectivity index (χ1n) is 12.9. The van der Waals surface area contributed by atoms with Gasteiger partial charge in [-0.1, -0.05) is 42.5 Å². The molecule has 4 N–H and O–H groups in total. The van der Waals surface area contributed by atoms with Crippen LogP contribution in [0.25, 0.3) is 38.8 Å². The number of fused-ring (bicyclic) bond motifs is 2. The number of aliphatic hydroxyl groups is 1. The van der Waals surface area contributed by atoms with Crippen LogP contribution >= 0.6 is 0 Å². The molecule has 0 saturated heterocycles. The van der Waals surface area contributed by atoms with Crippen LogP contribution in [0.4, 0.5) is 5.69 Å². The van der Waals surface area contributed by atoms with Gasteiger partial charge < -0.3 is 20.0 Å². The number of H-pyrrole nitrogens is 1. The Balaban J connectivity index is 1.44. The van der Waals surface area contributed by atoms with Crippen LogP contribution in [0, 0.1) is 5.41 Å². The number of hydrogen-bond donors (Lipinski definition) is 4. The van der Waals surface area contributed by atoms with Crippen molar-refractivity contribution in [2.45, 2.75) is 26.5 Å². The highest BCUT2D eigenvalue weighted by Crippen LogP contribution is 2.32. The SMILES string of the molecule is CC(=O)Nc1ccc(C(C)O)cc1-c1ccc(-n2c(=N)n(Cc3cccc4[nH]ccc34)c3ccccc32)cc1. The van der Waals surface area contributed by atoms with Crippen LogP contribution in [0.3, 0.4) is 0 Å². The van der Waals surface area contributed by atoms with E-state index in [2.05, 4.69) is 34.6 Å². The minimum atomic E-state index is -0.626. The van der Waals surface area contributed by atoms with Gasteiger partial charge in [0.1, 0.15) is 0 Å². The van der Waals surface area contributed by atoms with Crippen molar-refractivity contribution in [3.63, 3.8) is 0 Å². The molecule has 4 aromatic carbocycles. The van der Waals surface area contributed by atoms with Gasteiger partial charge in [-0.3, -0.25) is 14.8 Å². The van der Waals surface area contributed by atoms with Gasteiger partial charge in [-0.05, 0) is 72.1 Å². The third-order valence-corrected chi connectivity index (χ3v) is 7.17. The Kier molecular flexibility index (Phi) is 6.13. The van der Waals surface area contributed by atoms with Crippen molar-refractivity contribution in [2.24, 2.45) is 0 Å². The van der Waals surface area contributed by atoms with E-state index in [0.29, 0.717) is 17.9 Å². The van der Waals surface area contributed by atoms with Gasteiger partial charge in [0.05, 0.1) is 23.7 Å². The zero-order valence-electron chi connectivity index (χ0n) is 21.8. The highest BCUT2D eigenvalue weighted by atomic mass is 16.3. The highest BCUT2D eigenvalue weighted by Gasteiger charge is 2.15. The molecule has 7 heteroatoms. The quantitative estimate of drug-likeness (QED) is 0.215. The Labute approximate surface area is 225 Å². The van der Waals surface area contributed by atoms with E-state index in [9.17, 15) is 15.3 Å². The van der Waals surface area contributed by atoms with Crippen LogP contribution in [-0.2, 0) is 11.3 Å². The van der Waals surface area contributed by atoms with Crippen LogP contribution in [0.5, 0.6) is 0 Å². The fraction of sp³-hybridized carbons (Fsp3) is 0.125. The maximum Gasteiger partial charge on any atom is 0.221 e. The molecule has 7 nitrogen and oxygen atoms in total. The molecule has 1 atom stereocenters. The number of hydrogen-bond acceptors (Lipinski definition) is 3. The van der Waals surface area contributed by atoms with Crippen LogP contribution in [0.2, 0.25) is 0 Å². The van der Waals surface area contributed by atoms with Crippen LogP contribution < -0.4 is 10.9 Å².